The van der Waals surface area contributed by atoms with Gasteiger partial charge in [-0.25, -0.2) is 15.0 Å². The molecule has 3 aromatic rings. The third-order valence-electron chi connectivity index (χ3n) is 4.55. The SMILES string of the molecule is COc1cc(C2C(Cl)C(=O)N2Nc2nc3ccccc3nc2C)ccc1O. The van der Waals surface area contributed by atoms with Crippen molar-refractivity contribution in [2.24, 2.45) is 0 Å². The quantitative estimate of drug-likeness (QED) is 0.530. The summed E-state index contributed by atoms with van der Waals surface area (Å²) in [6.45, 7) is 1.82. The van der Waals surface area contributed by atoms with E-state index in [2.05, 4.69) is 15.4 Å². The first-order valence-corrected chi connectivity index (χ1v) is 8.77. The Morgan fingerprint density at radius 3 is 2.59 bits per heavy atom. The molecule has 1 aliphatic heterocycles. The number of anilines is 1. The Balaban J connectivity index is 1.67. The fourth-order valence-electron chi connectivity index (χ4n) is 3.08. The lowest BCUT2D eigenvalue weighted by atomic mass is 9.95. The monoisotopic (exact) mass is 384 g/mol. The van der Waals surface area contributed by atoms with Gasteiger partial charge in [0.05, 0.1) is 23.8 Å². The number of aryl methyl sites for hydroxylation is 1. The number of hydrogen-bond donors (Lipinski definition) is 2. The number of nitrogens with one attached hydrogen (secondary N) is 1. The highest BCUT2D eigenvalue weighted by Crippen LogP contribution is 2.41. The number of amides is 1. The molecule has 7 nitrogen and oxygen atoms in total. The molecule has 2 N–H and O–H groups in total. The molecule has 1 aliphatic rings. The predicted octanol–water partition coefficient (Wildman–Crippen LogP) is 3.17. The van der Waals surface area contributed by atoms with E-state index in [4.69, 9.17) is 16.3 Å². The number of phenolic OH excluding ortho intramolecular Hbond substituents is 1. The van der Waals surface area contributed by atoms with Gasteiger partial charge in [0, 0.05) is 0 Å². The number of phenols is 1. The number of rotatable bonds is 4. The molecule has 1 amide bonds. The highest BCUT2D eigenvalue weighted by atomic mass is 35.5. The van der Waals surface area contributed by atoms with Crippen molar-refractivity contribution in [2.75, 3.05) is 12.5 Å². The maximum atomic E-state index is 12.3. The van der Waals surface area contributed by atoms with Crippen LogP contribution in [0, 0.1) is 6.92 Å². The minimum absolute atomic E-state index is 0.0220. The lowest BCUT2D eigenvalue weighted by Gasteiger charge is -2.44. The molecule has 0 aliphatic carbocycles. The van der Waals surface area contributed by atoms with Crippen LogP contribution < -0.4 is 10.2 Å². The molecule has 1 aromatic heterocycles. The van der Waals surface area contributed by atoms with Crippen LogP contribution in [0.1, 0.15) is 17.3 Å². The maximum Gasteiger partial charge on any atom is 0.262 e. The summed E-state index contributed by atoms with van der Waals surface area (Å²) in [5.41, 5.74) is 5.96. The Bertz CT molecular complexity index is 1040. The molecule has 4 rings (SSSR count). The fraction of sp³-hybridized carbons (Fsp3) is 0.211. The van der Waals surface area contributed by atoms with Gasteiger partial charge in [0.1, 0.15) is 11.4 Å². The van der Waals surface area contributed by atoms with Gasteiger partial charge in [-0.05, 0) is 36.8 Å². The number of benzene rings is 2. The van der Waals surface area contributed by atoms with Gasteiger partial charge in [0.15, 0.2) is 17.3 Å². The summed E-state index contributed by atoms with van der Waals surface area (Å²) in [7, 11) is 1.47. The van der Waals surface area contributed by atoms with Crippen LogP contribution in [0.15, 0.2) is 42.5 Å². The van der Waals surface area contributed by atoms with Crippen LogP contribution in [0.2, 0.25) is 0 Å². The summed E-state index contributed by atoms with van der Waals surface area (Å²) < 4.78 is 5.15. The molecule has 27 heavy (non-hydrogen) atoms. The van der Waals surface area contributed by atoms with Gasteiger partial charge in [0.2, 0.25) is 0 Å². The predicted molar refractivity (Wildman–Crippen MR) is 102 cm³/mol. The van der Waals surface area contributed by atoms with E-state index in [9.17, 15) is 9.90 Å². The van der Waals surface area contributed by atoms with Crippen molar-refractivity contribution < 1.29 is 14.6 Å². The molecule has 2 atom stereocenters. The number of β-lactam (4-membered cyclic amide) rings is 1. The van der Waals surface area contributed by atoms with Crippen LogP contribution in [0.5, 0.6) is 11.5 Å². The molecule has 2 aromatic carbocycles. The zero-order chi connectivity index (χ0) is 19.1. The Kier molecular flexibility index (Phi) is 4.24. The lowest BCUT2D eigenvalue weighted by Crippen LogP contribution is -2.58. The average Bonchev–Trinajstić information content (AvgIpc) is 2.68. The van der Waals surface area contributed by atoms with Gasteiger partial charge < -0.3 is 9.84 Å². The van der Waals surface area contributed by atoms with Crippen LogP contribution in [0.25, 0.3) is 11.0 Å². The van der Waals surface area contributed by atoms with Gasteiger partial charge in [-0.2, -0.15) is 0 Å². The number of carbonyl (C=O) groups is 1. The number of aromatic hydroxyl groups is 1. The molecular weight excluding hydrogens is 368 g/mol. The van der Waals surface area contributed by atoms with Gasteiger partial charge in [-0.1, -0.05) is 18.2 Å². The summed E-state index contributed by atoms with van der Waals surface area (Å²) in [4.78, 5) is 21.4. The zero-order valence-corrected chi connectivity index (χ0v) is 15.4. The molecular formula is C19H17ClN4O3. The van der Waals surface area contributed by atoms with E-state index in [-0.39, 0.29) is 11.7 Å². The smallest absolute Gasteiger partial charge is 0.262 e. The molecule has 0 radical (unpaired) electrons. The van der Waals surface area contributed by atoms with E-state index in [0.717, 1.165) is 16.6 Å². The van der Waals surface area contributed by atoms with Crippen molar-refractivity contribution in [1.29, 1.82) is 0 Å². The lowest BCUT2D eigenvalue weighted by molar-refractivity contribution is -0.143. The van der Waals surface area contributed by atoms with Crippen LogP contribution in [-0.4, -0.2) is 38.5 Å². The first kappa shape index (κ1) is 17.4. The van der Waals surface area contributed by atoms with Crippen LogP contribution in [0.4, 0.5) is 5.82 Å². The van der Waals surface area contributed by atoms with E-state index >= 15 is 0 Å². The first-order valence-electron chi connectivity index (χ1n) is 8.33. The van der Waals surface area contributed by atoms with Crippen molar-refractivity contribution in [1.82, 2.24) is 15.0 Å². The second kappa shape index (κ2) is 6.59. The van der Waals surface area contributed by atoms with Crippen LogP contribution >= 0.6 is 11.6 Å². The van der Waals surface area contributed by atoms with Crippen molar-refractivity contribution >= 4 is 34.4 Å². The minimum atomic E-state index is -0.722. The molecule has 138 valence electrons. The van der Waals surface area contributed by atoms with Gasteiger partial charge in [0.25, 0.3) is 5.91 Å². The molecule has 8 heteroatoms. The second-order valence-corrected chi connectivity index (χ2v) is 6.71. The fourth-order valence-corrected chi connectivity index (χ4v) is 3.45. The topological polar surface area (TPSA) is 87.6 Å². The summed E-state index contributed by atoms with van der Waals surface area (Å²) in [6, 6.07) is 12.0. The summed E-state index contributed by atoms with van der Waals surface area (Å²) in [5.74, 6) is 0.565. The summed E-state index contributed by atoms with van der Waals surface area (Å²) >= 11 is 6.26. The van der Waals surface area contributed by atoms with Crippen LogP contribution in [0.3, 0.4) is 0 Å². The number of hydrazine groups is 1. The number of carbonyl (C=O) groups excluding carboxylic acids is 1. The van der Waals surface area contributed by atoms with Crippen LogP contribution in [-0.2, 0) is 4.79 Å². The molecule has 1 fully saturated rings. The number of fused-ring (bicyclic) bond motifs is 1. The average molecular weight is 385 g/mol. The molecule has 2 unspecified atom stereocenters. The first-order chi connectivity index (χ1) is 13.0. The zero-order valence-electron chi connectivity index (χ0n) is 14.7. The van der Waals surface area contributed by atoms with Gasteiger partial charge in [-0.3, -0.25) is 10.2 Å². The third-order valence-corrected chi connectivity index (χ3v) is 4.97. The minimum Gasteiger partial charge on any atom is -0.504 e. The second-order valence-electron chi connectivity index (χ2n) is 6.24. The van der Waals surface area contributed by atoms with Gasteiger partial charge in [-0.15, -0.1) is 11.6 Å². The number of hydrogen-bond acceptors (Lipinski definition) is 6. The Hall–Kier alpha value is -3.06. The molecule has 0 spiro atoms. The van der Waals surface area contributed by atoms with Crippen molar-refractivity contribution in [3.05, 3.63) is 53.7 Å². The standard InChI is InChI=1S/C19H17ClN4O3/c1-10-18(22-13-6-4-3-5-12(13)21-10)23-24-17(16(20)19(24)26)11-7-8-14(25)15(9-11)27-2/h3-9,16-17,25H,1-2H3,(H,22,23). The third kappa shape index (κ3) is 2.90. The van der Waals surface area contributed by atoms with Crippen molar-refractivity contribution in [3.63, 3.8) is 0 Å². The number of nitrogens with zero attached hydrogens (tertiary/aromatic N) is 3. The molecule has 2 heterocycles. The van der Waals surface area contributed by atoms with Gasteiger partial charge >= 0.3 is 0 Å². The largest absolute Gasteiger partial charge is 0.504 e. The van der Waals surface area contributed by atoms with E-state index in [1.165, 1.54) is 18.2 Å². The number of methoxy groups -OCH3 is 1. The summed E-state index contributed by atoms with van der Waals surface area (Å²) in [5, 5.41) is 10.5. The Morgan fingerprint density at radius 2 is 1.89 bits per heavy atom. The number of alkyl halides is 1. The van der Waals surface area contributed by atoms with E-state index in [1.54, 1.807) is 12.1 Å². The Labute approximate surface area is 160 Å². The normalized spacial score (nSPS) is 19.1. The number of ether oxygens (including phenoxy) is 1. The number of halogens is 1. The van der Waals surface area contributed by atoms with Crippen molar-refractivity contribution in [2.45, 2.75) is 18.3 Å². The summed E-state index contributed by atoms with van der Waals surface area (Å²) in [6.07, 6.45) is 0. The molecule has 1 saturated heterocycles. The maximum absolute atomic E-state index is 12.3. The molecule has 0 bridgehead atoms. The molecule has 0 saturated carbocycles. The highest BCUT2D eigenvalue weighted by Gasteiger charge is 2.48. The van der Waals surface area contributed by atoms with E-state index < -0.39 is 11.4 Å². The highest BCUT2D eigenvalue weighted by molar-refractivity contribution is 6.33. The number of aromatic nitrogens is 2. The van der Waals surface area contributed by atoms with Crippen molar-refractivity contribution in [3.8, 4) is 11.5 Å². The van der Waals surface area contributed by atoms with E-state index in [0.29, 0.717) is 17.3 Å². The Morgan fingerprint density at radius 1 is 1.19 bits per heavy atom. The van der Waals surface area contributed by atoms with E-state index in [1.807, 2.05) is 31.2 Å². The number of para-hydroxylation sites is 2.